The number of hydrogen-bond acceptors (Lipinski definition) is 5. The first kappa shape index (κ1) is 15.4. The maximum atomic E-state index is 12.5. The average molecular weight is 319 g/mol. The van der Waals surface area contributed by atoms with Crippen LogP contribution in [0.1, 0.15) is 40.1 Å². The highest BCUT2D eigenvalue weighted by atomic mass is 32.1. The van der Waals surface area contributed by atoms with Crippen molar-refractivity contribution < 1.29 is 9.53 Å². The zero-order valence-electron chi connectivity index (χ0n) is 13.2. The minimum absolute atomic E-state index is 0.00940. The molecule has 1 N–H and O–H groups in total. The van der Waals surface area contributed by atoms with E-state index in [-0.39, 0.29) is 5.91 Å². The highest BCUT2D eigenvalue weighted by molar-refractivity contribution is 7.20. The molecule has 1 unspecified atom stereocenters. The minimum Gasteiger partial charge on any atom is -0.381 e. The van der Waals surface area contributed by atoms with Gasteiger partial charge in [0.1, 0.15) is 10.7 Å². The average Bonchev–Trinajstić information content (AvgIpc) is 3.12. The summed E-state index contributed by atoms with van der Waals surface area (Å²) in [5.41, 5.74) is 1.94. The van der Waals surface area contributed by atoms with Crippen molar-refractivity contribution in [3.8, 4) is 0 Å². The molecule has 1 saturated heterocycles. The van der Waals surface area contributed by atoms with Gasteiger partial charge in [0.2, 0.25) is 0 Å². The van der Waals surface area contributed by atoms with E-state index in [1.165, 1.54) is 11.3 Å². The van der Waals surface area contributed by atoms with Gasteiger partial charge in [-0.05, 0) is 25.8 Å². The summed E-state index contributed by atoms with van der Waals surface area (Å²) in [6.45, 7) is 8.23. The molecule has 3 rings (SSSR count). The number of hydrogen-bond donors (Lipinski definition) is 1. The van der Waals surface area contributed by atoms with Crippen LogP contribution in [0.2, 0.25) is 0 Å². The van der Waals surface area contributed by atoms with Crippen molar-refractivity contribution in [2.75, 3.05) is 19.8 Å². The fourth-order valence-electron chi connectivity index (χ4n) is 2.83. The Bertz CT molecular complexity index is 705. The molecule has 0 aromatic carbocycles. The quantitative estimate of drug-likeness (QED) is 0.941. The van der Waals surface area contributed by atoms with Gasteiger partial charge in [-0.1, -0.05) is 6.92 Å². The Morgan fingerprint density at radius 3 is 2.91 bits per heavy atom. The van der Waals surface area contributed by atoms with Gasteiger partial charge in [-0.2, -0.15) is 0 Å². The van der Waals surface area contributed by atoms with Gasteiger partial charge < -0.3 is 10.1 Å². The first-order valence-corrected chi connectivity index (χ1v) is 8.54. The Kier molecular flexibility index (Phi) is 4.40. The molecule has 6 heteroatoms. The summed E-state index contributed by atoms with van der Waals surface area (Å²) >= 11 is 1.46. The topological polar surface area (TPSA) is 64.1 Å². The van der Waals surface area contributed by atoms with Crippen LogP contribution in [0, 0.1) is 19.8 Å². The smallest absolute Gasteiger partial charge is 0.261 e. The van der Waals surface area contributed by atoms with E-state index in [2.05, 4.69) is 15.3 Å². The summed E-state index contributed by atoms with van der Waals surface area (Å²) in [7, 11) is 0. The Labute approximate surface area is 134 Å². The molecule has 1 amide bonds. The molecule has 118 valence electrons. The number of rotatable bonds is 4. The molecule has 0 radical (unpaired) electrons. The molecule has 0 spiro atoms. The number of aryl methyl sites for hydroxylation is 3. The number of fused-ring (bicyclic) bond motifs is 1. The van der Waals surface area contributed by atoms with Crippen molar-refractivity contribution >= 4 is 27.5 Å². The maximum Gasteiger partial charge on any atom is 0.261 e. The summed E-state index contributed by atoms with van der Waals surface area (Å²) in [5, 5.41) is 4.06. The fraction of sp³-hybridized carbons (Fsp3) is 0.562. The predicted molar refractivity (Wildman–Crippen MR) is 87.5 cm³/mol. The maximum absolute atomic E-state index is 12.5. The lowest BCUT2D eigenvalue weighted by atomic mass is 10.1. The molecule has 2 aromatic heterocycles. The summed E-state index contributed by atoms with van der Waals surface area (Å²) in [4.78, 5) is 23.2. The van der Waals surface area contributed by atoms with Crippen LogP contribution in [-0.4, -0.2) is 35.6 Å². The van der Waals surface area contributed by atoms with E-state index in [0.29, 0.717) is 12.5 Å². The van der Waals surface area contributed by atoms with Crippen molar-refractivity contribution in [1.29, 1.82) is 0 Å². The zero-order chi connectivity index (χ0) is 15.7. The van der Waals surface area contributed by atoms with Crippen LogP contribution in [0.3, 0.4) is 0 Å². The van der Waals surface area contributed by atoms with E-state index in [9.17, 15) is 4.79 Å². The van der Waals surface area contributed by atoms with Gasteiger partial charge in [0.05, 0.1) is 11.5 Å². The second-order valence-corrected chi connectivity index (χ2v) is 6.75. The molecule has 3 heterocycles. The Hall–Kier alpha value is -1.53. The number of nitrogens with one attached hydrogen (secondary N) is 1. The minimum atomic E-state index is -0.00940. The van der Waals surface area contributed by atoms with Crippen molar-refractivity contribution in [2.24, 2.45) is 5.92 Å². The van der Waals surface area contributed by atoms with Crippen LogP contribution >= 0.6 is 11.3 Å². The second-order valence-electron chi connectivity index (χ2n) is 5.75. The lowest BCUT2D eigenvalue weighted by molar-refractivity contribution is 0.0948. The predicted octanol–water partition coefficient (Wildman–Crippen LogP) is 2.64. The van der Waals surface area contributed by atoms with E-state index in [1.54, 1.807) is 0 Å². The molecule has 1 aliphatic heterocycles. The third-order valence-corrected chi connectivity index (χ3v) is 5.30. The van der Waals surface area contributed by atoms with Crippen molar-refractivity contribution in [2.45, 2.75) is 33.6 Å². The van der Waals surface area contributed by atoms with Gasteiger partial charge in [-0.15, -0.1) is 11.3 Å². The molecule has 22 heavy (non-hydrogen) atoms. The van der Waals surface area contributed by atoms with E-state index in [1.807, 2.05) is 20.8 Å². The fourth-order valence-corrected chi connectivity index (χ4v) is 4.00. The lowest BCUT2D eigenvalue weighted by Gasteiger charge is -2.08. The molecular formula is C16H21N3O2S. The number of carbonyl (C=O) groups excluding carboxylic acids is 1. The SMILES string of the molecule is CCc1nc(C)c2c(C)c(C(=O)NCC3CCOC3)sc2n1. The van der Waals surface area contributed by atoms with Gasteiger partial charge in [-0.25, -0.2) is 9.97 Å². The highest BCUT2D eigenvalue weighted by Crippen LogP contribution is 2.31. The second kappa shape index (κ2) is 6.30. The molecule has 5 nitrogen and oxygen atoms in total. The van der Waals surface area contributed by atoms with E-state index >= 15 is 0 Å². The molecule has 0 saturated carbocycles. The van der Waals surface area contributed by atoms with E-state index in [4.69, 9.17) is 4.74 Å². The molecule has 2 aromatic rings. The van der Waals surface area contributed by atoms with Crippen molar-refractivity contribution in [1.82, 2.24) is 15.3 Å². The van der Waals surface area contributed by atoms with E-state index < -0.39 is 0 Å². The van der Waals surface area contributed by atoms with Crippen molar-refractivity contribution in [3.05, 3.63) is 22.0 Å². The number of nitrogens with zero attached hydrogens (tertiary/aromatic N) is 2. The number of carbonyl (C=O) groups is 1. The number of ether oxygens (including phenoxy) is 1. The first-order valence-electron chi connectivity index (χ1n) is 7.72. The first-order chi connectivity index (χ1) is 10.6. The van der Waals surface area contributed by atoms with Gasteiger partial charge in [0, 0.05) is 36.6 Å². The number of amides is 1. The van der Waals surface area contributed by atoms with Gasteiger partial charge >= 0.3 is 0 Å². The molecule has 1 aliphatic rings. The third-order valence-electron chi connectivity index (χ3n) is 4.12. The number of aromatic nitrogens is 2. The molecule has 1 atom stereocenters. The van der Waals surface area contributed by atoms with Crippen LogP contribution in [0.5, 0.6) is 0 Å². The third kappa shape index (κ3) is 2.85. The van der Waals surface area contributed by atoms with Crippen LogP contribution < -0.4 is 5.32 Å². The monoisotopic (exact) mass is 319 g/mol. The largest absolute Gasteiger partial charge is 0.381 e. The molecule has 0 bridgehead atoms. The van der Waals surface area contributed by atoms with Crippen LogP contribution in [0.15, 0.2) is 0 Å². The normalized spacial score (nSPS) is 18.0. The molecule has 0 aliphatic carbocycles. The summed E-state index contributed by atoms with van der Waals surface area (Å²) < 4.78 is 5.34. The van der Waals surface area contributed by atoms with Gasteiger partial charge in [0.25, 0.3) is 5.91 Å². The Morgan fingerprint density at radius 2 is 2.23 bits per heavy atom. The number of thiophene rings is 1. The molecular weight excluding hydrogens is 298 g/mol. The molecule has 1 fully saturated rings. The van der Waals surface area contributed by atoms with Gasteiger partial charge in [-0.3, -0.25) is 4.79 Å². The van der Waals surface area contributed by atoms with Crippen LogP contribution in [0.4, 0.5) is 0 Å². The summed E-state index contributed by atoms with van der Waals surface area (Å²) in [5.74, 6) is 1.26. The van der Waals surface area contributed by atoms with Crippen LogP contribution in [-0.2, 0) is 11.2 Å². The summed E-state index contributed by atoms with van der Waals surface area (Å²) in [6.07, 6.45) is 1.83. The van der Waals surface area contributed by atoms with Crippen LogP contribution in [0.25, 0.3) is 10.2 Å². The lowest BCUT2D eigenvalue weighted by Crippen LogP contribution is -2.29. The van der Waals surface area contributed by atoms with E-state index in [0.717, 1.165) is 58.2 Å². The van der Waals surface area contributed by atoms with Crippen molar-refractivity contribution in [3.63, 3.8) is 0 Å². The Balaban J connectivity index is 1.85. The standard InChI is InChI=1S/C16H21N3O2S/c1-4-12-18-10(3)13-9(2)14(22-16(13)19-12)15(20)17-7-11-5-6-21-8-11/h11H,4-8H2,1-3H3,(H,17,20). The highest BCUT2D eigenvalue weighted by Gasteiger charge is 2.21. The Morgan fingerprint density at radius 1 is 1.41 bits per heavy atom. The summed E-state index contributed by atoms with van der Waals surface area (Å²) in [6, 6.07) is 0. The van der Waals surface area contributed by atoms with Gasteiger partial charge in [0.15, 0.2) is 0 Å². The zero-order valence-corrected chi connectivity index (χ0v) is 14.0.